The molecule has 4 heteroatoms. The van der Waals surface area contributed by atoms with Crippen LogP contribution in [0.4, 0.5) is 0 Å². The van der Waals surface area contributed by atoms with Gasteiger partial charge in [0.25, 0.3) is 0 Å². The van der Waals surface area contributed by atoms with Gasteiger partial charge in [-0.2, -0.15) is 0 Å². The van der Waals surface area contributed by atoms with E-state index in [1.165, 1.54) is 65.0 Å². The molecule has 2 aliphatic heterocycles. The number of quaternary nitrogens is 3. The number of hydrogen-bond donors (Lipinski definition) is 4. The zero-order chi connectivity index (χ0) is 12.8. The molecule has 2 aliphatic rings. The largest absolute Gasteiger partial charge is 0.382 e. The van der Waals surface area contributed by atoms with Crippen LogP contribution in [0.25, 0.3) is 0 Å². The first-order valence-corrected chi connectivity index (χ1v) is 7.90. The van der Waals surface area contributed by atoms with Gasteiger partial charge in [-0.05, 0) is 25.7 Å². The van der Waals surface area contributed by atoms with Gasteiger partial charge in [0.05, 0.1) is 20.1 Å². The molecule has 0 saturated carbocycles. The van der Waals surface area contributed by atoms with Gasteiger partial charge in [-0.3, -0.25) is 0 Å². The molecule has 0 aromatic rings. The van der Waals surface area contributed by atoms with Crippen molar-refractivity contribution in [1.29, 1.82) is 0 Å². The van der Waals surface area contributed by atoms with Gasteiger partial charge in [0.2, 0.25) is 0 Å². The van der Waals surface area contributed by atoms with E-state index in [0.29, 0.717) is 0 Å². The summed E-state index contributed by atoms with van der Waals surface area (Å²) in [6.45, 7) is 9.50. The van der Waals surface area contributed by atoms with E-state index in [1.807, 2.05) is 0 Å². The highest BCUT2D eigenvalue weighted by Crippen LogP contribution is 1.99. The number of piperazine rings is 1. The van der Waals surface area contributed by atoms with Crippen molar-refractivity contribution in [3.63, 3.8) is 0 Å². The summed E-state index contributed by atoms with van der Waals surface area (Å²) in [5, 5.41) is 10.3. The van der Waals surface area contributed by atoms with Gasteiger partial charge < -0.3 is 19.8 Å². The van der Waals surface area contributed by atoms with E-state index in [2.05, 4.69) is 7.05 Å². The molecule has 0 aromatic heterocycles. The summed E-state index contributed by atoms with van der Waals surface area (Å²) >= 11 is 0. The molecule has 2 heterocycles. The Labute approximate surface area is 112 Å². The fraction of sp³-hybridized carbons (Fsp3) is 1.00. The van der Waals surface area contributed by atoms with E-state index in [4.69, 9.17) is 0 Å². The minimum atomic E-state index is -0.0912. The van der Waals surface area contributed by atoms with E-state index >= 15 is 0 Å². The minimum absolute atomic E-state index is 0.0912. The van der Waals surface area contributed by atoms with E-state index < -0.39 is 0 Å². The van der Waals surface area contributed by atoms with E-state index in [1.54, 1.807) is 14.7 Å². The molecule has 0 bridgehead atoms. The van der Waals surface area contributed by atoms with Crippen LogP contribution in [-0.4, -0.2) is 70.6 Å². The van der Waals surface area contributed by atoms with Crippen molar-refractivity contribution < 1.29 is 19.8 Å². The SMILES string of the molecule is C[NH+]1CC[NH+](CC(O)C[NH+]2CCCCCC2)CC1. The summed E-state index contributed by atoms with van der Waals surface area (Å²) in [4.78, 5) is 4.90. The van der Waals surface area contributed by atoms with Crippen molar-refractivity contribution in [3.05, 3.63) is 0 Å². The molecule has 0 radical (unpaired) electrons. The molecule has 18 heavy (non-hydrogen) atoms. The second-order valence-corrected chi connectivity index (χ2v) is 6.43. The number of likely N-dealkylation sites (tertiary alicyclic amines) is 1. The summed E-state index contributed by atoms with van der Waals surface area (Å²) in [6.07, 6.45) is 5.41. The highest BCUT2D eigenvalue weighted by molar-refractivity contribution is 4.53. The van der Waals surface area contributed by atoms with E-state index in [-0.39, 0.29) is 6.10 Å². The average Bonchev–Trinajstić information content (AvgIpc) is 2.61. The summed E-state index contributed by atoms with van der Waals surface area (Å²) in [5.74, 6) is 0. The Morgan fingerprint density at radius 2 is 1.28 bits per heavy atom. The molecular formula is C14H32N3O+3. The summed E-state index contributed by atoms with van der Waals surface area (Å²) in [6, 6.07) is 0. The fourth-order valence-electron chi connectivity index (χ4n) is 3.41. The Kier molecular flexibility index (Phi) is 5.89. The third-order valence-corrected chi connectivity index (χ3v) is 4.67. The lowest BCUT2D eigenvalue weighted by Gasteiger charge is -2.29. The van der Waals surface area contributed by atoms with Crippen molar-refractivity contribution in [3.8, 4) is 0 Å². The molecule has 0 spiro atoms. The minimum Gasteiger partial charge on any atom is -0.382 e. The zero-order valence-electron chi connectivity index (χ0n) is 12.0. The van der Waals surface area contributed by atoms with Crippen LogP contribution >= 0.6 is 0 Å². The van der Waals surface area contributed by atoms with Crippen LogP contribution in [0.1, 0.15) is 25.7 Å². The monoisotopic (exact) mass is 258 g/mol. The quantitative estimate of drug-likeness (QED) is 0.410. The first-order chi connectivity index (χ1) is 8.74. The molecule has 2 fully saturated rings. The molecule has 4 nitrogen and oxygen atoms in total. The van der Waals surface area contributed by atoms with Crippen LogP contribution in [0.5, 0.6) is 0 Å². The summed E-state index contributed by atoms with van der Waals surface area (Å²) in [7, 11) is 2.27. The highest BCUT2D eigenvalue weighted by atomic mass is 16.3. The maximum atomic E-state index is 10.3. The number of rotatable bonds is 4. The average molecular weight is 258 g/mol. The number of nitrogens with one attached hydrogen (secondary N) is 3. The van der Waals surface area contributed by atoms with Gasteiger partial charge in [0.1, 0.15) is 39.3 Å². The first kappa shape index (κ1) is 14.3. The molecule has 1 atom stereocenters. The van der Waals surface area contributed by atoms with Crippen LogP contribution in [0.15, 0.2) is 0 Å². The van der Waals surface area contributed by atoms with Gasteiger partial charge >= 0.3 is 0 Å². The Hall–Kier alpha value is -0.160. The summed E-state index contributed by atoms with van der Waals surface area (Å²) < 4.78 is 0. The second-order valence-electron chi connectivity index (χ2n) is 6.43. The number of aliphatic hydroxyl groups is 1. The van der Waals surface area contributed by atoms with Crippen molar-refractivity contribution in [2.24, 2.45) is 0 Å². The fourth-order valence-corrected chi connectivity index (χ4v) is 3.41. The van der Waals surface area contributed by atoms with Crippen LogP contribution in [0, 0.1) is 0 Å². The third kappa shape index (κ3) is 4.84. The van der Waals surface area contributed by atoms with Gasteiger partial charge in [-0.15, -0.1) is 0 Å². The molecule has 0 aromatic carbocycles. The van der Waals surface area contributed by atoms with Crippen molar-refractivity contribution in [2.45, 2.75) is 31.8 Å². The predicted octanol–water partition coefficient (Wildman–Crippen LogP) is -3.78. The Bertz CT molecular complexity index is 221. The van der Waals surface area contributed by atoms with Gasteiger partial charge in [0.15, 0.2) is 6.10 Å². The van der Waals surface area contributed by atoms with E-state index in [0.717, 1.165) is 13.1 Å². The van der Waals surface area contributed by atoms with Crippen LogP contribution < -0.4 is 14.7 Å². The lowest BCUT2D eigenvalue weighted by atomic mass is 10.2. The second kappa shape index (κ2) is 7.43. The van der Waals surface area contributed by atoms with Crippen LogP contribution in [-0.2, 0) is 0 Å². The van der Waals surface area contributed by atoms with Crippen LogP contribution in [0.2, 0.25) is 0 Å². The van der Waals surface area contributed by atoms with Crippen molar-refractivity contribution in [2.75, 3.05) is 59.4 Å². The van der Waals surface area contributed by atoms with Gasteiger partial charge in [-0.25, -0.2) is 0 Å². The molecule has 2 saturated heterocycles. The third-order valence-electron chi connectivity index (χ3n) is 4.67. The Morgan fingerprint density at radius 3 is 1.83 bits per heavy atom. The van der Waals surface area contributed by atoms with Gasteiger partial charge in [-0.1, -0.05) is 0 Å². The molecule has 1 unspecified atom stereocenters. The smallest absolute Gasteiger partial charge is 0.152 e. The highest BCUT2D eigenvalue weighted by Gasteiger charge is 2.25. The number of aliphatic hydroxyl groups excluding tert-OH is 1. The molecule has 106 valence electrons. The normalized spacial score (nSPS) is 33.0. The lowest BCUT2D eigenvalue weighted by molar-refractivity contribution is -1.01. The molecule has 0 amide bonds. The van der Waals surface area contributed by atoms with Gasteiger partial charge in [0, 0.05) is 0 Å². The van der Waals surface area contributed by atoms with Crippen molar-refractivity contribution >= 4 is 0 Å². The van der Waals surface area contributed by atoms with E-state index in [9.17, 15) is 5.11 Å². The number of hydrogen-bond acceptors (Lipinski definition) is 1. The van der Waals surface area contributed by atoms with Crippen LogP contribution in [0.3, 0.4) is 0 Å². The molecule has 0 aliphatic carbocycles. The van der Waals surface area contributed by atoms with Crippen molar-refractivity contribution in [1.82, 2.24) is 0 Å². The number of likely N-dealkylation sites (N-methyl/N-ethyl adjacent to an activating group) is 1. The molecule has 2 rings (SSSR count). The standard InChI is InChI=1S/C14H29N3O/c1-15-8-10-17(11-9-15)13-14(18)12-16-6-4-2-3-5-7-16/h14,18H,2-13H2,1H3/p+3. The Balaban J connectivity index is 1.66. The lowest BCUT2D eigenvalue weighted by Crippen LogP contribution is -3.27. The maximum absolute atomic E-state index is 10.3. The first-order valence-electron chi connectivity index (χ1n) is 7.90. The predicted molar refractivity (Wildman–Crippen MR) is 72.2 cm³/mol. The molecule has 4 N–H and O–H groups in total. The Morgan fingerprint density at radius 1 is 0.778 bits per heavy atom. The molecular weight excluding hydrogens is 226 g/mol. The zero-order valence-corrected chi connectivity index (χ0v) is 12.0. The topological polar surface area (TPSA) is 33.5 Å². The summed E-state index contributed by atoms with van der Waals surface area (Å²) in [5.41, 5.74) is 0. The maximum Gasteiger partial charge on any atom is 0.152 e.